The fraction of sp³-hybridized carbons (Fsp3) is 0.176. The van der Waals surface area contributed by atoms with Crippen molar-refractivity contribution < 1.29 is 9.53 Å². The first-order valence-electron chi connectivity index (χ1n) is 8.39. The fourth-order valence-corrected chi connectivity index (χ4v) is 2.96. The Balaban J connectivity index is 1.87. The van der Waals surface area contributed by atoms with Crippen LogP contribution in [-0.4, -0.2) is 41.7 Å². The first-order valence-corrected chi connectivity index (χ1v) is 8.39. The van der Waals surface area contributed by atoms with E-state index in [1.54, 1.807) is 24.3 Å². The summed E-state index contributed by atoms with van der Waals surface area (Å²) in [7, 11) is 4.34. The standard InChI is InChI=1S/C17H16N8O4/c1-23-13-11(15(27)24(2)17(23)28)25-12(18)10(21-22-16(25)20-13)14(26)19-8-4-6-9(29-3)7-5-8/h4-7H,18H2,1-3H3,(H,19,26). The summed E-state index contributed by atoms with van der Waals surface area (Å²) < 4.78 is 8.41. The number of anilines is 2. The Labute approximate surface area is 162 Å². The number of hydrogen-bond acceptors (Lipinski definition) is 8. The Morgan fingerprint density at radius 2 is 1.79 bits per heavy atom. The molecule has 3 heterocycles. The molecule has 0 aliphatic carbocycles. The SMILES string of the molecule is COc1ccc(NC(=O)c2nnc3nc4c(c(=O)n(C)c(=O)n4C)n3c2N)cc1. The lowest BCUT2D eigenvalue weighted by molar-refractivity contribution is 0.102. The summed E-state index contributed by atoms with van der Waals surface area (Å²) in [6.07, 6.45) is 0. The Hall–Kier alpha value is -4.22. The van der Waals surface area contributed by atoms with Gasteiger partial charge in [0.1, 0.15) is 11.6 Å². The first-order chi connectivity index (χ1) is 13.8. The van der Waals surface area contributed by atoms with E-state index in [-0.39, 0.29) is 28.5 Å². The molecular weight excluding hydrogens is 380 g/mol. The molecule has 3 aromatic heterocycles. The number of aryl methyl sites for hydroxylation is 1. The molecule has 0 aliphatic rings. The van der Waals surface area contributed by atoms with Gasteiger partial charge in [-0.05, 0) is 24.3 Å². The number of aromatic nitrogens is 6. The van der Waals surface area contributed by atoms with Crippen LogP contribution >= 0.6 is 0 Å². The summed E-state index contributed by atoms with van der Waals surface area (Å²) in [6.45, 7) is 0. The summed E-state index contributed by atoms with van der Waals surface area (Å²) in [5.74, 6) is -0.114. The highest BCUT2D eigenvalue weighted by molar-refractivity contribution is 6.06. The molecule has 0 saturated heterocycles. The molecule has 4 aromatic rings. The van der Waals surface area contributed by atoms with Gasteiger partial charge in [0.15, 0.2) is 16.9 Å². The predicted octanol–water partition coefficient (Wildman–Crippen LogP) is -0.482. The molecular formula is C17H16N8O4. The molecule has 0 fully saturated rings. The zero-order valence-electron chi connectivity index (χ0n) is 15.7. The zero-order valence-corrected chi connectivity index (χ0v) is 15.7. The second-order valence-corrected chi connectivity index (χ2v) is 6.24. The lowest BCUT2D eigenvalue weighted by Gasteiger charge is -2.08. The third kappa shape index (κ3) is 2.69. The van der Waals surface area contributed by atoms with Crippen LogP contribution in [-0.2, 0) is 14.1 Å². The van der Waals surface area contributed by atoms with Crippen LogP contribution in [0, 0.1) is 0 Å². The van der Waals surface area contributed by atoms with Gasteiger partial charge in [0.2, 0.25) is 0 Å². The van der Waals surface area contributed by atoms with E-state index >= 15 is 0 Å². The van der Waals surface area contributed by atoms with Crippen LogP contribution in [0.25, 0.3) is 16.9 Å². The van der Waals surface area contributed by atoms with Gasteiger partial charge in [-0.25, -0.2) is 4.79 Å². The van der Waals surface area contributed by atoms with Crippen LogP contribution < -0.4 is 27.0 Å². The van der Waals surface area contributed by atoms with Gasteiger partial charge >= 0.3 is 5.69 Å². The van der Waals surface area contributed by atoms with E-state index in [1.807, 2.05) is 0 Å². The average Bonchev–Trinajstić information content (AvgIpc) is 3.12. The number of nitrogen functional groups attached to an aromatic ring is 1. The minimum absolute atomic E-state index is 0.00297. The molecule has 29 heavy (non-hydrogen) atoms. The molecule has 0 unspecified atom stereocenters. The van der Waals surface area contributed by atoms with Crippen LogP contribution in [0.4, 0.5) is 11.5 Å². The number of fused-ring (bicyclic) bond motifs is 3. The van der Waals surface area contributed by atoms with Crippen molar-refractivity contribution in [3.8, 4) is 5.75 Å². The molecule has 0 spiro atoms. The minimum atomic E-state index is -0.620. The second kappa shape index (κ2) is 6.44. The summed E-state index contributed by atoms with van der Waals surface area (Å²) in [5, 5.41) is 10.4. The molecule has 1 aromatic carbocycles. The van der Waals surface area contributed by atoms with Crippen LogP contribution in [0.1, 0.15) is 10.5 Å². The largest absolute Gasteiger partial charge is 0.497 e. The van der Waals surface area contributed by atoms with Gasteiger partial charge in [0.25, 0.3) is 17.2 Å². The van der Waals surface area contributed by atoms with E-state index in [0.717, 1.165) is 4.57 Å². The van der Waals surface area contributed by atoms with Crippen molar-refractivity contribution in [2.75, 3.05) is 18.2 Å². The number of carbonyl (C=O) groups is 1. The third-order valence-electron chi connectivity index (χ3n) is 4.53. The van der Waals surface area contributed by atoms with E-state index < -0.39 is 17.2 Å². The number of imidazole rings is 1. The fourth-order valence-electron chi connectivity index (χ4n) is 2.96. The van der Waals surface area contributed by atoms with Gasteiger partial charge in [-0.1, -0.05) is 0 Å². The summed E-state index contributed by atoms with van der Waals surface area (Å²) in [6, 6.07) is 6.66. The van der Waals surface area contributed by atoms with E-state index in [1.165, 1.54) is 30.2 Å². The molecule has 3 N–H and O–H groups in total. The molecule has 0 bridgehead atoms. The summed E-state index contributed by atoms with van der Waals surface area (Å²) >= 11 is 0. The first kappa shape index (κ1) is 18.2. The number of benzene rings is 1. The maximum absolute atomic E-state index is 12.7. The number of amides is 1. The van der Waals surface area contributed by atoms with E-state index in [9.17, 15) is 14.4 Å². The number of ether oxygens (including phenoxy) is 1. The molecule has 12 heteroatoms. The smallest absolute Gasteiger partial charge is 0.332 e. The number of carbonyl (C=O) groups excluding carboxylic acids is 1. The monoisotopic (exact) mass is 396 g/mol. The number of methoxy groups -OCH3 is 1. The van der Waals surface area contributed by atoms with Crippen molar-refractivity contribution in [2.45, 2.75) is 0 Å². The molecule has 12 nitrogen and oxygen atoms in total. The minimum Gasteiger partial charge on any atom is -0.497 e. The lowest BCUT2D eigenvalue weighted by atomic mass is 10.3. The Morgan fingerprint density at radius 3 is 2.45 bits per heavy atom. The van der Waals surface area contributed by atoms with Crippen LogP contribution in [0.5, 0.6) is 5.75 Å². The highest BCUT2D eigenvalue weighted by Crippen LogP contribution is 2.19. The topological polar surface area (TPSA) is 151 Å². The van der Waals surface area contributed by atoms with Crippen molar-refractivity contribution in [3.63, 3.8) is 0 Å². The molecule has 4 rings (SSSR count). The maximum atomic E-state index is 12.7. The number of nitrogens with two attached hydrogens (primary N) is 1. The molecule has 1 amide bonds. The maximum Gasteiger partial charge on any atom is 0.332 e. The Kier molecular flexibility index (Phi) is 4.03. The predicted molar refractivity (Wildman–Crippen MR) is 104 cm³/mol. The highest BCUT2D eigenvalue weighted by atomic mass is 16.5. The third-order valence-corrected chi connectivity index (χ3v) is 4.53. The Bertz CT molecular complexity index is 1400. The second-order valence-electron chi connectivity index (χ2n) is 6.24. The molecule has 148 valence electrons. The van der Waals surface area contributed by atoms with Gasteiger partial charge < -0.3 is 15.8 Å². The van der Waals surface area contributed by atoms with Gasteiger partial charge in [-0.3, -0.25) is 23.1 Å². The van der Waals surface area contributed by atoms with Gasteiger partial charge in [0.05, 0.1) is 7.11 Å². The number of nitrogens with zero attached hydrogens (tertiary/aromatic N) is 6. The molecule has 0 radical (unpaired) electrons. The van der Waals surface area contributed by atoms with Crippen molar-refractivity contribution >= 4 is 34.4 Å². The van der Waals surface area contributed by atoms with Gasteiger partial charge in [-0.15, -0.1) is 10.2 Å². The van der Waals surface area contributed by atoms with E-state index in [2.05, 4.69) is 20.5 Å². The van der Waals surface area contributed by atoms with Gasteiger partial charge in [0, 0.05) is 19.8 Å². The quantitative estimate of drug-likeness (QED) is 0.471. The number of nitrogens with one attached hydrogen (secondary N) is 1. The number of rotatable bonds is 3. The lowest BCUT2D eigenvalue weighted by Crippen LogP contribution is -2.37. The van der Waals surface area contributed by atoms with Crippen LogP contribution in [0.3, 0.4) is 0 Å². The highest BCUT2D eigenvalue weighted by Gasteiger charge is 2.22. The van der Waals surface area contributed by atoms with Crippen molar-refractivity contribution in [1.29, 1.82) is 0 Å². The van der Waals surface area contributed by atoms with Gasteiger partial charge in [-0.2, -0.15) is 4.98 Å². The van der Waals surface area contributed by atoms with Crippen LogP contribution in [0.2, 0.25) is 0 Å². The normalized spacial score (nSPS) is 11.1. The van der Waals surface area contributed by atoms with Crippen molar-refractivity contribution in [1.82, 2.24) is 28.7 Å². The zero-order chi connectivity index (χ0) is 20.9. The van der Waals surface area contributed by atoms with Crippen molar-refractivity contribution in [2.24, 2.45) is 14.1 Å². The van der Waals surface area contributed by atoms with Crippen molar-refractivity contribution in [3.05, 3.63) is 50.8 Å². The van der Waals surface area contributed by atoms with E-state index in [0.29, 0.717) is 11.4 Å². The molecule has 0 saturated carbocycles. The van der Waals surface area contributed by atoms with Crippen LogP contribution in [0.15, 0.2) is 33.9 Å². The van der Waals surface area contributed by atoms with E-state index in [4.69, 9.17) is 10.5 Å². The summed E-state index contributed by atoms with van der Waals surface area (Å²) in [4.78, 5) is 41.6. The molecule has 0 aliphatic heterocycles. The average molecular weight is 396 g/mol. The number of hydrogen-bond donors (Lipinski definition) is 2. The summed E-state index contributed by atoms with van der Waals surface area (Å²) in [5.41, 5.74) is 5.39. The molecule has 0 atom stereocenters. The Morgan fingerprint density at radius 1 is 1.10 bits per heavy atom.